The van der Waals surface area contributed by atoms with Crippen molar-refractivity contribution in [2.24, 2.45) is 0 Å². The van der Waals surface area contributed by atoms with Crippen molar-refractivity contribution in [1.82, 2.24) is 15.1 Å². The van der Waals surface area contributed by atoms with E-state index in [1.54, 1.807) is 12.0 Å². The van der Waals surface area contributed by atoms with Crippen LogP contribution >= 0.6 is 0 Å². The molecule has 1 aromatic heterocycles. The van der Waals surface area contributed by atoms with Gasteiger partial charge < -0.3 is 14.7 Å². The molecule has 2 heterocycles. The molecule has 0 unspecified atom stereocenters. The van der Waals surface area contributed by atoms with Crippen LogP contribution in [0.3, 0.4) is 0 Å². The number of amides is 1. The third-order valence-electron chi connectivity index (χ3n) is 4.62. The third-order valence-corrected chi connectivity index (χ3v) is 4.62. The van der Waals surface area contributed by atoms with Crippen molar-refractivity contribution in [3.63, 3.8) is 0 Å². The molecular formula is C18H23N3O3. The first-order chi connectivity index (χ1) is 11.6. The number of methoxy groups -OCH3 is 1. The summed E-state index contributed by atoms with van der Waals surface area (Å²) in [6.07, 6.45) is 2.63. The minimum atomic E-state index is -0.930. The van der Waals surface area contributed by atoms with Crippen LogP contribution in [-0.2, 0) is 4.79 Å². The Balaban J connectivity index is 1.76. The highest BCUT2D eigenvalue weighted by Gasteiger charge is 2.28. The zero-order valence-corrected chi connectivity index (χ0v) is 14.0. The SMILES string of the molecule is COc1cccc(-c2cn[nH]c2C2CCN(C(=O)[C@@H](C)O)CC2)c1. The largest absolute Gasteiger partial charge is 0.497 e. The zero-order valence-electron chi connectivity index (χ0n) is 14.0. The number of aliphatic hydroxyl groups excluding tert-OH is 1. The molecule has 1 amide bonds. The molecule has 24 heavy (non-hydrogen) atoms. The minimum Gasteiger partial charge on any atom is -0.497 e. The van der Waals surface area contributed by atoms with Gasteiger partial charge in [0.25, 0.3) is 5.91 Å². The van der Waals surface area contributed by atoms with E-state index in [1.165, 1.54) is 6.92 Å². The van der Waals surface area contributed by atoms with Crippen LogP contribution in [0.25, 0.3) is 11.1 Å². The molecule has 1 aromatic carbocycles. The summed E-state index contributed by atoms with van der Waals surface area (Å²) in [6.45, 7) is 2.83. The van der Waals surface area contributed by atoms with Gasteiger partial charge in [0.2, 0.25) is 0 Å². The smallest absolute Gasteiger partial charge is 0.251 e. The Morgan fingerprint density at radius 2 is 2.17 bits per heavy atom. The van der Waals surface area contributed by atoms with Crippen molar-refractivity contribution in [3.8, 4) is 16.9 Å². The molecule has 6 heteroatoms. The van der Waals surface area contributed by atoms with E-state index in [0.717, 1.165) is 35.4 Å². The van der Waals surface area contributed by atoms with Crippen LogP contribution in [0.4, 0.5) is 0 Å². The van der Waals surface area contributed by atoms with Gasteiger partial charge in [0.1, 0.15) is 11.9 Å². The van der Waals surface area contributed by atoms with E-state index >= 15 is 0 Å². The van der Waals surface area contributed by atoms with Crippen LogP contribution in [0.2, 0.25) is 0 Å². The van der Waals surface area contributed by atoms with Crippen LogP contribution in [0.1, 0.15) is 31.4 Å². The summed E-state index contributed by atoms with van der Waals surface area (Å²) in [5.74, 6) is 0.954. The maximum Gasteiger partial charge on any atom is 0.251 e. The monoisotopic (exact) mass is 329 g/mol. The number of aromatic nitrogens is 2. The number of benzene rings is 1. The molecule has 0 saturated carbocycles. The molecular weight excluding hydrogens is 306 g/mol. The average Bonchev–Trinajstić information content (AvgIpc) is 3.11. The Morgan fingerprint density at radius 3 is 2.83 bits per heavy atom. The van der Waals surface area contributed by atoms with Crippen LogP contribution in [0, 0.1) is 0 Å². The molecule has 1 saturated heterocycles. The topological polar surface area (TPSA) is 78.5 Å². The van der Waals surface area contributed by atoms with E-state index in [2.05, 4.69) is 10.2 Å². The number of hydrogen-bond acceptors (Lipinski definition) is 4. The van der Waals surface area contributed by atoms with Gasteiger partial charge >= 0.3 is 0 Å². The number of aliphatic hydroxyl groups is 1. The lowest BCUT2D eigenvalue weighted by Gasteiger charge is -2.32. The fourth-order valence-corrected chi connectivity index (χ4v) is 3.28. The van der Waals surface area contributed by atoms with E-state index < -0.39 is 6.10 Å². The maximum atomic E-state index is 11.9. The molecule has 1 fully saturated rings. The standard InChI is InChI=1S/C18H23N3O3/c1-12(22)18(23)21-8-6-13(7-9-21)17-16(11-19-20-17)14-4-3-5-15(10-14)24-2/h3-5,10-13,22H,6-9H2,1-2H3,(H,19,20)/t12-/m1/s1. The molecule has 1 atom stereocenters. The molecule has 128 valence electrons. The van der Waals surface area contributed by atoms with Crippen molar-refractivity contribution in [2.45, 2.75) is 31.8 Å². The fourth-order valence-electron chi connectivity index (χ4n) is 3.28. The highest BCUT2D eigenvalue weighted by Crippen LogP contribution is 2.34. The van der Waals surface area contributed by atoms with Crippen molar-refractivity contribution in [3.05, 3.63) is 36.2 Å². The number of carbonyl (C=O) groups excluding carboxylic acids is 1. The quantitative estimate of drug-likeness (QED) is 0.901. The second-order valence-corrected chi connectivity index (χ2v) is 6.20. The van der Waals surface area contributed by atoms with Crippen LogP contribution < -0.4 is 4.74 Å². The van der Waals surface area contributed by atoms with E-state index in [1.807, 2.05) is 30.5 Å². The molecule has 0 spiro atoms. The predicted molar refractivity (Wildman–Crippen MR) is 90.8 cm³/mol. The number of piperidine rings is 1. The lowest BCUT2D eigenvalue weighted by atomic mass is 9.89. The Labute approximate surface area is 141 Å². The predicted octanol–water partition coefficient (Wildman–Crippen LogP) is 2.17. The summed E-state index contributed by atoms with van der Waals surface area (Å²) in [5, 5.41) is 16.8. The number of likely N-dealkylation sites (tertiary alicyclic amines) is 1. The summed E-state index contributed by atoms with van der Waals surface area (Å²) in [4.78, 5) is 13.6. The fraction of sp³-hybridized carbons (Fsp3) is 0.444. The molecule has 2 N–H and O–H groups in total. The molecule has 1 aliphatic rings. The number of rotatable bonds is 4. The Hall–Kier alpha value is -2.34. The summed E-state index contributed by atoms with van der Waals surface area (Å²) in [7, 11) is 1.66. The van der Waals surface area contributed by atoms with E-state index in [9.17, 15) is 9.90 Å². The molecule has 0 radical (unpaired) electrons. The molecule has 1 aliphatic heterocycles. The number of nitrogens with one attached hydrogen (secondary N) is 1. The first kappa shape index (κ1) is 16.5. The minimum absolute atomic E-state index is 0.189. The van der Waals surface area contributed by atoms with Crippen molar-refractivity contribution in [1.29, 1.82) is 0 Å². The lowest BCUT2D eigenvalue weighted by molar-refractivity contribution is -0.140. The van der Waals surface area contributed by atoms with E-state index in [4.69, 9.17) is 4.74 Å². The van der Waals surface area contributed by atoms with Gasteiger partial charge in [-0.3, -0.25) is 9.89 Å². The van der Waals surface area contributed by atoms with Crippen molar-refractivity contribution >= 4 is 5.91 Å². The first-order valence-electron chi connectivity index (χ1n) is 8.24. The lowest BCUT2D eigenvalue weighted by Crippen LogP contribution is -2.42. The average molecular weight is 329 g/mol. The Morgan fingerprint density at radius 1 is 1.42 bits per heavy atom. The van der Waals surface area contributed by atoms with Gasteiger partial charge in [-0.25, -0.2) is 0 Å². The first-order valence-corrected chi connectivity index (χ1v) is 8.24. The number of carbonyl (C=O) groups is 1. The molecule has 2 aromatic rings. The summed E-state index contributed by atoms with van der Waals surface area (Å²) >= 11 is 0. The van der Waals surface area contributed by atoms with E-state index in [0.29, 0.717) is 19.0 Å². The summed E-state index contributed by atoms with van der Waals surface area (Å²) in [5.41, 5.74) is 3.25. The molecule has 6 nitrogen and oxygen atoms in total. The highest BCUT2D eigenvalue weighted by molar-refractivity contribution is 5.80. The number of aromatic amines is 1. The molecule has 0 bridgehead atoms. The number of hydrogen-bond donors (Lipinski definition) is 2. The van der Waals surface area contributed by atoms with Gasteiger partial charge in [0, 0.05) is 30.3 Å². The number of H-pyrrole nitrogens is 1. The third kappa shape index (κ3) is 3.28. The van der Waals surface area contributed by atoms with Gasteiger partial charge in [-0.2, -0.15) is 5.10 Å². The second-order valence-electron chi connectivity index (χ2n) is 6.20. The second kappa shape index (κ2) is 7.05. The molecule has 0 aliphatic carbocycles. The maximum absolute atomic E-state index is 11.9. The van der Waals surface area contributed by atoms with Crippen LogP contribution in [0.5, 0.6) is 5.75 Å². The normalized spacial score (nSPS) is 16.9. The Bertz CT molecular complexity index is 703. The van der Waals surface area contributed by atoms with Gasteiger partial charge in [-0.15, -0.1) is 0 Å². The van der Waals surface area contributed by atoms with Crippen molar-refractivity contribution in [2.75, 3.05) is 20.2 Å². The number of ether oxygens (including phenoxy) is 1. The van der Waals surface area contributed by atoms with E-state index in [-0.39, 0.29) is 5.91 Å². The molecule has 3 rings (SSSR count). The number of nitrogens with zero attached hydrogens (tertiary/aromatic N) is 2. The van der Waals surface area contributed by atoms with Crippen molar-refractivity contribution < 1.29 is 14.6 Å². The highest BCUT2D eigenvalue weighted by atomic mass is 16.5. The Kier molecular flexibility index (Phi) is 4.85. The van der Waals surface area contributed by atoms with Crippen LogP contribution in [-0.4, -0.2) is 52.4 Å². The van der Waals surface area contributed by atoms with Gasteiger partial charge in [0.05, 0.1) is 13.3 Å². The zero-order chi connectivity index (χ0) is 17.1. The van der Waals surface area contributed by atoms with Crippen LogP contribution in [0.15, 0.2) is 30.5 Å². The summed E-state index contributed by atoms with van der Waals surface area (Å²) < 4.78 is 5.30. The van der Waals surface area contributed by atoms with Gasteiger partial charge in [0.15, 0.2) is 0 Å². The van der Waals surface area contributed by atoms with Gasteiger partial charge in [-0.05, 0) is 37.5 Å². The summed E-state index contributed by atoms with van der Waals surface area (Å²) in [6, 6.07) is 7.93. The van der Waals surface area contributed by atoms with Gasteiger partial charge in [-0.1, -0.05) is 12.1 Å².